The summed E-state index contributed by atoms with van der Waals surface area (Å²) in [6, 6.07) is 13.7. The molecule has 2 aromatic rings. The summed E-state index contributed by atoms with van der Waals surface area (Å²) < 4.78 is 25.1. The van der Waals surface area contributed by atoms with E-state index in [9.17, 15) is 13.2 Å². The number of carbonyl (C=O) groups is 1. The minimum Gasteiger partial charge on any atom is -0.349 e. The molecule has 0 radical (unpaired) electrons. The molecular formula is C21H27ClN2O3S. The molecule has 0 spiro atoms. The summed E-state index contributed by atoms with van der Waals surface area (Å²) in [4.78, 5) is 12.8. The van der Waals surface area contributed by atoms with E-state index in [-0.39, 0.29) is 30.1 Å². The highest BCUT2D eigenvalue weighted by Gasteiger charge is 2.27. The molecule has 28 heavy (non-hydrogen) atoms. The number of nitrogens with one attached hydrogen (secondary N) is 1. The SMILES string of the molecule is Cc1ccc(S(=O)(=O)Cc2ccc(C(=O)NC3CCCC3CN)cc2)cc1.Cl. The van der Waals surface area contributed by atoms with Gasteiger partial charge in [-0.3, -0.25) is 4.79 Å². The number of nitrogens with two attached hydrogens (primary N) is 1. The number of rotatable bonds is 6. The Hall–Kier alpha value is -1.89. The van der Waals surface area contributed by atoms with Crippen molar-refractivity contribution in [2.24, 2.45) is 11.7 Å². The van der Waals surface area contributed by atoms with Crippen molar-refractivity contribution in [1.82, 2.24) is 5.32 Å². The topological polar surface area (TPSA) is 89.3 Å². The van der Waals surface area contributed by atoms with Gasteiger partial charge in [-0.25, -0.2) is 8.42 Å². The normalized spacial score (nSPS) is 19.1. The summed E-state index contributed by atoms with van der Waals surface area (Å²) in [7, 11) is -3.41. The van der Waals surface area contributed by atoms with Gasteiger partial charge in [-0.05, 0) is 62.1 Å². The van der Waals surface area contributed by atoms with Gasteiger partial charge in [-0.1, -0.05) is 36.2 Å². The Morgan fingerprint density at radius 1 is 1.07 bits per heavy atom. The van der Waals surface area contributed by atoms with Crippen molar-refractivity contribution in [3.8, 4) is 0 Å². The summed E-state index contributed by atoms with van der Waals surface area (Å²) in [5.41, 5.74) is 7.98. The van der Waals surface area contributed by atoms with Gasteiger partial charge in [0.2, 0.25) is 0 Å². The van der Waals surface area contributed by atoms with Crippen LogP contribution in [0.1, 0.15) is 40.7 Å². The Balaban J connectivity index is 0.00000280. The van der Waals surface area contributed by atoms with Crippen LogP contribution in [0.4, 0.5) is 0 Å². The second kappa shape index (κ2) is 9.54. The maximum absolute atomic E-state index is 12.5. The minimum absolute atomic E-state index is 0. The second-order valence-corrected chi connectivity index (χ2v) is 9.27. The van der Waals surface area contributed by atoms with Crippen molar-refractivity contribution in [3.63, 3.8) is 0 Å². The first-order chi connectivity index (χ1) is 12.9. The third-order valence-electron chi connectivity index (χ3n) is 5.23. The minimum atomic E-state index is -3.41. The number of halogens is 1. The van der Waals surface area contributed by atoms with E-state index in [1.807, 2.05) is 6.92 Å². The number of hydrogen-bond donors (Lipinski definition) is 2. The number of sulfone groups is 1. The van der Waals surface area contributed by atoms with E-state index < -0.39 is 9.84 Å². The van der Waals surface area contributed by atoms with Crippen molar-refractivity contribution in [2.75, 3.05) is 6.54 Å². The molecule has 0 saturated heterocycles. The highest BCUT2D eigenvalue weighted by Crippen LogP contribution is 2.25. The first kappa shape index (κ1) is 22.4. The van der Waals surface area contributed by atoms with Crippen LogP contribution >= 0.6 is 12.4 Å². The zero-order chi connectivity index (χ0) is 19.4. The average molecular weight is 423 g/mol. The fourth-order valence-corrected chi connectivity index (χ4v) is 4.91. The van der Waals surface area contributed by atoms with E-state index in [1.54, 1.807) is 48.5 Å². The lowest BCUT2D eigenvalue weighted by atomic mass is 10.0. The highest BCUT2D eigenvalue weighted by molar-refractivity contribution is 7.90. The van der Waals surface area contributed by atoms with Crippen molar-refractivity contribution in [1.29, 1.82) is 0 Å². The maximum Gasteiger partial charge on any atom is 0.251 e. The fraction of sp³-hybridized carbons (Fsp3) is 0.381. The summed E-state index contributed by atoms with van der Waals surface area (Å²) in [6.45, 7) is 2.50. The fourth-order valence-electron chi connectivity index (χ4n) is 3.56. The molecule has 0 bridgehead atoms. The van der Waals surface area contributed by atoms with E-state index in [0.717, 1.165) is 24.8 Å². The second-order valence-electron chi connectivity index (χ2n) is 7.28. The van der Waals surface area contributed by atoms with Crippen LogP contribution in [0.25, 0.3) is 0 Å². The highest BCUT2D eigenvalue weighted by atomic mass is 35.5. The molecule has 2 unspecified atom stereocenters. The first-order valence-electron chi connectivity index (χ1n) is 9.28. The zero-order valence-electron chi connectivity index (χ0n) is 15.9. The molecule has 7 heteroatoms. The van der Waals surface area contributed by atoms with Gasteiger partial charge in [0.1, 0.15) is 0 Å². The van der Waals surface area contributed by atoms with E-state index in [4.69, 9.17) is 5.73 Å². The molecule has 0 aliphatic heterocycles. The van der Waals surface area contributed by atoms with Crippen LogP contribution in [0.5, 0.6) is 0 Å². The van der Waals surface area contributed by atoms with E-state index in [2.05, 4.69) is 5.32 Å². The molecular weight excluding hydrogens is 396 g/mol. The Bertz CT molecular complexity index is 896. The molecule has 0 heterocycles. The maximum atomic E-state index is 12.5. The number of aryl methyl sites for hydroxylation is 1. The Kier molecular flexibility index (Phi) is 7.63. The van der Waals surface area contributed by atoms with Crippen LogP contribution in [-0.2, 0) is 15.6 Å². The van der Waals surface area contributed by atoms with Gasteiger partial charge in [-0.2, -0.15) is 0 Å². The van der Waals surface area contributed by atoms with Gasteiger partial charge in [0, 0.05) is 11.6 Å². The van der Waals surface area contributed by atoms with Crippen molar-refractivity contribution in [2.45, 2.75) is 42.9 Å². The molecule has 1 amide bonds. The molecule has 1 aliphatic carbocycles. The number of hydrogen-bond acceptors (Lipinski definition) is 4. The Morgan fingerprint density at radius 3 is 2.32 bits per heavy atom. The standard InChI is InChI=1S/C21H26N2O3S.ClH/c1-15-5-11-19(12-6-15)27(25,26)14-16-7-9-17(10-8-16)21(24)23-20-4-2-3-18(20)13-22;/h5-12,18,20H,2-4,13-14,22H2,1H3,(H,23,24);1H. The van der Waals surface area contributed by atoms with Crippen molar-refractivity contribution in [3.05, 3.63) is 65.2 Å². The van der Waals surface area contributed by atoms with Crippen LogP contribution in [-0.4, -0.2) is 26.9 Å². The number of amides is 1. The number of carbonyl (C=O) groups excluding carboxylic acids is 1. The number of benzene rings is 2. The lowest BCUT2D eigenvalue weighted by Gasteiger charge is -2.19. The molecule has 3 N–H and O–H groups in total. The summed E-state index contributed by atoms with van der Waals surface area (Å²) in [5, 5.41) is 3.06. The zero-order valence-corrected chi connectivity index (χ0v) is 17.6. The van der Waals surface area contributed by atoms with E-state index >= 15 is 0 Å². The molecule has 3 rings (SSSR count). The molecule has 0 aromatic heterocycles. The van der Waals surface area contributed by atoms with E-state index in [0.29, 0.717) is 28.5 Å². The molecule has 1 saturated carbocycles. The molecule has 5 nitrogen and oxygen atoms in total. The third-order valence-corrected chi connectivity index (χ3v) is 6.94. The predicted molar refractivity (Wildman–Crippen MR) is 113 cm³/mol. The lowest BCUT2D eigenvalue weighted by Crippen LogP contribution is -2.39. The molecule has 152 valence electrons. The lowest BCUT2D eigenvalue weighted by molar-refractivity contribution is 0.0929. The summed E-state index contributed by atoms with van der Waals surface area (Å²) in [5.74, 6) is 0.122. The molecule has 1 aliphatic rings. The molecule has 1 fully saturated rings. The van der Waals surface area contributed by atoms with Crippen LogP contribution < -0.4 is 11.1 Å². The summed E-state index contributed by atoms with van der Waals surface area (Å²) >= 11 is 0. The van der Waals surface area contributed by atoms with Gasteiger partial charge in [0.15, 0.2) is 9.84 Å². The van der Waals surface area contributed by atoms with Crippen LogP contribution in [0, 0.1) is 12.8 Å². The van der Waals surface area contributed by atoms with Crippen LogP contribution in [0.3, 0.4) is 0 Å². The average Bonchev–Trinajstić information content (AvgIpc) is 3.09. The van der Waals surface area contributed by atoms with Crippen molar-refractivity contribution >= 4 is 28.2 Å². The quantitative estimate of drug-likeness (QED) is 0.747. The molecule has 2 atom stereocenters. The van der Waals surface area contributed by atoms with Crippen molar-refractivity contribution < 1.29 is 13.2 Å². The van der Waals surface area contributed by atoms with Gasteiger partial charge in [0.05, 0.1) is 10.6 Å². The molecule has 2 aromatic carbocycles. The van der Waals surface area contributed by atoms with Gasteiger partial charge in [-0.15, -0.1) is 12.4 Å². The predicted octanol–water partition coefficient (Wildman–Crippen LogP) is 3.25. The Morgan fingerprint density at radius 2 is 1.71 bits per heavy atom. The van der Waals surface area contributed by atoms with Gasteiger partial charge < -0.3 is 11.1 Å². The first-order valence-corrected chi connectivity index (χ1v) is 10.9. The third kappa shape index (κ3) is 5.34. The van der Waals surface area contributed by atoms with Crippen LogP contribution in [0.15, 0.2) is 53.4 Å². The Labute approximate surface area is 173 Å². The van der Waals surface area contributed by atoms with E-state index in [1.165, 1.54) is 0 Å². The smallest absolute Gasteiger partial charge is 0.251 e. The summed E-state index contributed by atoms with van der Waals surface area (Å²) in [6.07, 6.45) is 3.10. The monoisotopic (exact) mass is 422 g/mol. The van der Waals surface area contributed by atoms with Crippen LogP contribution in [0.2, 0.25) is 0 Å². The largest absolute Gasteiger partial charge is 0.349 e. The van der Waals surface area contributed by atoms with Gasteiger partial charge >= 0.3 is 0 Å². The van der Waals surface area contributed by atoms with Gasteiger partial charge in [0.25, 0.3) is 5.91 Å².